The molecule has 1 atom stereocenters. The summed E-state index contributed by atoms with van der Waals surface area (Å²) in [7, 11) is 0. The Kier molecular flexibility index (Phi) is 2.23. The van der Waals surface area contributed by atoms with Crippen molar-refractivity contribution >= 4 is 5.69 Å². The van der Waals surface area contributed by atoms with E-state index in [4.69, 9.17) is 5.73 Å². The lowest BCUT2D eigenvalue weighted by Gasteiger charge is -2.13. The van der Waals surface area contributed by atoms with Crippen LogP contribution in [0.3, 0.4) is 0 Å². The maximum absolute atomic E-state index is 5.93. The predicted octanol–water partition coefficient (Wildman–Crippen LogP) is 2.00. The minimum absolute atomic E-state index is 0.486. The monoisotopic (exact) mass is 176 g/mol. The van der Waals surface area contributed by atoms with Crippen molar-refractivity contribution in [1.82, 2.24) is 5.32 Å². The summed E-state index contributed by atoms with van der Waals surface area (Å²) in [4.78, 5) is 0. The molecule has 2 rings (SSSR count). The fraction of sp³-hybridized carbons (Fsp3) is 0.455. The average molecular weight is 176 g/mol. The summed E-state index contributed by atoms with van der Waals surface area (Å²) < 4.78 is 0. The minimum atomic E-state index is 0.486. The molecule has 2 heteroatoms. The van der Waals surface area contributed by atoms with Crippen LogP contribution < -0.4 is 11.1 Å². The van der Waals surface area contributed by atoms with E-state index in [1.807, 2.05) is 6.07 Å². The van der Waals surface area contributed by atoms with Crippen LogP contribution in [0.1, 0.15) is 30.0 Å². The predicted molar refractivity (Wildman–Crippen MR) is 55.6 cm³/mol. The lowest BCUT2D eigenvalue weighted by Crippen LogP contribution is -2.14. The Morgan fingerprint density at radius 3 is 3.00 bits per heavy atom. The SMILES string of the molecule is Cc1ccc(N)c([C@H]2CCCN2)c1. The molecule has 0 bridgehead atoms. The fourth-order valence-electron chi connectivity index (χ4n) is 1.95. The largest absolute Gasteiger partial charge is 0.398 e. The van der Waals surface area contributed by atoms with Gasteiger partial charge in [-0.1, -0.05) is 17.7 Å². The molecule has 0 unspecified atom stereocenters. The number of nitrogens with one attached hydrogen (secondary N) is 1. The Hall–Kier alpha value is -1.02. The van der Waals surface area contributed by atoms with Crippen molar-refractivity contribution < 1.29 is 0 Å². The van der Waals surface area contributed by atoms with Gasteiger partial charge < -0.3 is 11.1 Å². The molecule has 0 radical (unpaired) electrons. The Morgan fingerprint density at radius 1 is 1.46 bits per heavy atom. The van der Waals surface area contributed by atoms with Crippen molar-refractivity contribution in [2.75, 3.05) is 12.3 Å². The number of nitrogen functional groups attached to an aromatic ring is 1. The van der Waals surface area contributed by atoms with Gasteiger partial charge in [0.2, 0.25) is 0 Å². The van der Waals surface area contributed by atoms with Gasteiger partial charge in [-0.05, 0) is 37.9 Å². The van der Waals surface area contributed by atoms with Crippen LogP contribution in [0.5, 0.6) is 0 Å². The number of nitrogens with two attached hydrogens (primary N) is 1. The first-order valence-corrected chi connectivity index (χ1v) is 4.87. The second kappa shape index (κ2) is 3.38. The number of benzene rings is 1. The third kappa shape index (κ3) is 1.68. The first-order chi connectivity index (χ1) is 6.27. The van der Waals surface area contributed by atoms with Crippen LogP contribution in [0, 0.1) is 6.92 Å². The van der Waals surface area contributed by atoms with E-state index in [1.165, 1.54) is 24.0 Å². The summed E-state index contributed by atoms with van der Waals surface area (Å²) in [6.45, 7) is 3.23. The molecule has 0 spiro atoms. The third-order valence-electron chi connectivity index (χ3n) is 2.68. The summed E-state index contributed by atoms with van der Waals surface area (Å²) in [5.74, 6) is 0. The van der Waals surface area contributed by atoms with Crippen molar-refractivity contribution in [2.24, 2.45) is 0 Å². The molecule has 0 saturated carbocycles. The van der Waals surface area contributed by atoms with Crippen molar-refractivity contribution in [1.29, 1.82) is 0 Å². The first kappa shape index (κ1) is 8.57. The molecular formula is C11H16N2. The molecule has 1 aliphatic rings. The summed E-state index contributed by atoms with van der Waals surface area (Å²) in [6.07, 6.45) is 2.48. The molecule has 3 N–H and O–H groups in total. The summed E-state index contributed by atoms with van der Waals surface area (Å²) in [5.41, 5.74) is 9.42. The number of aryl methyl sites for hydroxylation is 1. The lowest BCUT2D eigenvalue weighted by molar-refractivity contribution is 0.649. The maximum Gasteiger partial charge on any atom is 0.0362 e. The van der Waals surface area contributed by atoms with Crippen LogP contribution in [0.15, 0.2) is 18.2 Å². The zero-order chi connectivity index (χ0) is 9.26. The van der Waals surface area contributed by atoms with Gasteiger partial charge in [-0.25, -0.2) is 0 Å². The molecule has 0 aliphatic carbocycles. The van der Waals surface area contributed by atoms with Crippen LogP contribution in [0.25, 0.3) is 0 Å². The average Bonchev–Trinajstić information content (AvgIpc) is 2.61. The van der Waals surface area contributed by atoms with E-state index in [1.54, 1.807) is 0 Å². The van der Waals surface area contributed by atoms with Gasteiger partial charge in [-0.2, -0.15) is 0 Å². The highest BCUT2D eigenvalue weighted by Crippen LogP contribution is 2.28. The number of hydrogen-bond acceptors (Lipinski definition) is 2. The van der Waals surface area contributed by atoms with E-state index in [2.05, 4.69) is 24.4 Å². The third-order valence-corrected chi connectivity index (χ3v) is 2.68. The number of hydrogen-bond donors (Lipinski definition) is 2. The van der Waals surface area contributed by atoms with Crippen molar-refractivity contribution in [2.45, 2.75) is 25.8 Å². The number of rotatable bonds is 1. The van der Waals surface area contributed by atoms with E-state index in [0.29, 0.717) is 6.04 Å². The van der Waals surface area contributed by atoms with E-state index >= 15 is 0 Å². The summed E-state index contributed by atoms with van der Waals surface area (Å²) in [6, 6.07) is 6.75. The molecular weight excluding hydrogens is 160 g/mol. The van der Waals surface area contributed by atoms with Gasteiger partial charge in [0.15, 0.2) is 0 Å². The smallest absolute Gasteiger partial charge is 0.0362 e. The van der Waals surface area contributed by atoms with Crippen LogP contribution >= 0.6 is 0 Å². The Bertz CT molecular complexity index is 301. The van der Waals surface area contributed by atoms with Crippen molar-refractivity contribution in [3.05, 3.63) is 29.3 Å². The molecule has 0 aromatic heterocycles. The molecule has 1 aromatic carbocycles. The van der Waals surface area contributed by atoms with E-state index in [9.17, 15) is 0 Å². The highest BCUT2D eigenvalue weighted by atomic mass is 14.9. The van der Waals surface area contributed by atoms with Crippen molar-refractivity contribution in [3.8, 4) is 0 Å². The van der Waals surface area contributed by atoms with Crippen LogP contribution in [0.4, 0.5) is 5.69 Å². The quantitative estimate of drug-likeness (QED) is 0.642. The Morgan fingerprint density at radius 2 is 2.31 bits per heavy atom. The molecule has 1 saturated heterocycles. The van der Waals surface area contributed by atoms with Gasteiger partial charge >= 0.3 is 0 Å². The molecule has 0 amide bonds. The minimum Gasteiger partial charge on any atom is -0.398 e. The number of anilines is 1. The molecule has 1 aromatic rings. The van der Waals surface area contributed by atoms with Gasteiger partial charge in [-0.15, -0.1) is 0 Å². The van der Waals surface area contributed by atoms with E-state index in [0.717, 1.165) is 12.2 Å². The van der Waals surface area contributed by atoms with Gasteiger partial charge in [0.1, 0.15) is 0 Å². The topological polar surface area (TPSA) is 38.0 Å². The van der Waals surface area contributed by atoms with Gasteiger partial charge in [-0.3, -0.25) is 0 Å². The summed E-state index contributed by atoms with van der Waals surface area (Å²) >= 11 is 0. The normalized spacial score (nSPS) is 22.1. The second-order valence-corrected chi connectivity index (χ2v) is 3.78. The van der Waals surface area contributed by atoms with E-state index in [-0.39, 0.29) is 0 Å². The van der Waals surface area contributed by atoms with Crippen LogP contribution in [-0.2, 0) is 0 Å². The van der Waals surface area contributed by atoms with Crippen LogP contribution in [-0.4, -0.2) is 6.54 Å². The van der Waals surface area contributed by atoms with Crippen molar-refractivity contribution in [3.63, 3.8) is 0 Å². The first-order valence-electron chi connectivity index (χ1n) is 4.87. The standard InChI is InChI=1S/C11H16N2/c1-8-4-5-10(12)9(7-8)11-3-2-6-13-11/h4-5,7,11,13H,2-3,6,12H2,1H3/t11-/m1/s1. The molecule has 1 heterocycles. The zero-order valence-electron chi connectivity index (χ0n) is 8.01. The maximum atomic E-state index is 5.93. The Balaban J connectivity index is 2.32. The molecule has 2 nitrogen and oxygen atoms in total. The lowest BCUT2D eigenvalue weighted by atomic mass is 10.0. The van der Waals surface area contributed by atoms with Gasteiger partial charge in [0.05, 0.1) is 0 Å². The summed E-state index contributed by atoms with van der Waals surface area (Å²) in [5, 5.41) is 3.46. The Labute approximate surface area is 79.1 Å². The second-order valence-electron chi connectivity index (χ2n) is 3.78. The fourth-order valence-corrected chi connectivity index (χ4v) is 1.95. The highest BCUT2D eigenvalue weighted by molar-refractivity contribution is 5.50. The van der Waals surface area contributed by atoms with Gasteiger partial charge in [0, 0.05) is 11.7 Å². The molecule has 13 heavy (non-hydrogen) atoms. The highest BCUT2D eigenvalue weighted by Gasteiger charge is 2.17. The molecule has 1 fully saturated rings. The zero-order valence-corrected chi connectivity index (χ0v) is 8.01. The molecule has 70 valence electrons. The molecule has 1 aliphatic heterocycles. The van der Waals surface area contributed by atoms with E-state index < -0.39 is 0 Å². The van der Waals surface area contributed by atoms with Gasteiger partial charge in [0.25, 0.3) is 0 Å². The van der Waals surface area contributed by atoms with Crippen LogP contribution in [0.2, 0.25) is 0 Å².